The number of nitrogens with two attached hydrogens (primary N) is 1. The van der Waals surface area contributed by atoms with Crippen LogP contribution in [-0.2, 0) is 0 Å². The number of aromatic carboxylic acids is 1. The summed E-state index contributed by atoms with van der Waals surface area (Å²) in [4.78, 5) is 14.1. The van der Waals surface area contributed by atoms with E-state index in [1.54, 1.807) is 0 Å². The molecule has 0 spiro atoms. The van der Waals surface area contributed by atoms with Gasteiger partial charge in [0.2, 0.25) is 5.89 Å². The van der Waals surface area contributed by atoms with Gasteiger partial charge in [-0.2, -0.15) is 4.98 Å². The van der Waals surface area contributed by atoms with Crippen molar-refractivity contribution >= 4 is 5.97 Å². The van der Waals surface area contributed by atoms with Gasteiger partial charge in [-0.3, -0.25) is 0 Å². The topological polar surface area (TPSA) is 102 Å². The predicted octanol–water partition coefficient (Wildman–Crippen LogP) is 0.814. The number of rotatable bonds is 2. The van der Waals surface area contributed by atoms with Crippen LogP contribution in [0.2, 0.25) is 0 Å². The average molecular weight is 199 g/mol. The molecular formula is C8H13N3O3. The van der Waals surface area contributed by atoms with Gasteiger partial charge in [0, 0.05) is 0 Å². The fourth-order valence-electron chi connectivity index (χ4n) is 0.819. The molecule has 3 N–H and O–H groups in total. The number of carboxylic acid groups (broad SMARTS) is 1. The van der Waals surface area contributed by atoms with Gasteiger partial charge in [0.25, 0.3) is 5.82 Å². The summed E-state index contributed by atoms with van der Waals surface area (Å²) in [5, 5.41) is 11.8. The van der Waals surface area contributed by atoms with Crippen molar-refractivity contribution in [2.75, 3.05) is 0 Å². The van der Waals surface area contributed by atoms with Crippen molar-refractivity contribution in [3.05, 3.63) is 11.7 Å². The van der Waals surface area contributed by atoms with E-state index in [0.717, 1.165) is 0 Å². The van der Waals surface area contributed by atoms with Crippen molar-refractivity contribution in [1.29, 1.82) is 0 Å². The minimum atomic E-state index is -1.22. The molecule has 1 heterocycles. The van der Waals surface area contributed by atoms with Gasteiger partial charge in [-0.25, -0.2) is 4.79 Å². The van der Waals surface area contributed by atoms with Crippen LogP contribution in [0, 0.1) is 5.41 Å². The van der Waals surface area contributed by atoms with Crippen LogP contribution in [0.5, 0.6) is 0 Å². The summed E-state index contributed by atoms with van der Waals surface area (Å²) >= 11 is 0. The highest BCUT2D eigenvalue weighted by atomic mass is 16.5. The lowest BCUT2D eigenvalue weighted by Gasteiger charge is -2.23. The summed E-state index contributed by atoms with van der Waals surface area (Å²) in [6, 6.07) is -0.469. The van der Waals surface area contributed by atoms with Gasteiger partial charge in [0.1, 0.15) is 0 Å². The lowest BCUT2D eigenvalue weighted by atomic mass is 9.87. The first kappa shape index (κ1) is 10.6. The zero-order valence-corrected chi connectivity index (χ0v) is 8.31. The van der Waals surface area contributed by atoms with E-state index in [2.05, 4.69) is 10.1 Å². The van der Waals surface area contributed by atoms with E-state index in [-0.39, 0.29) is 17.1 Å². The van der Waals surface area contributed by atoms with Gasteiger partial charge >= 0.3 is 5.97 Å². The Morgan fingerprint density at radius 1 is 1.57 bits per heavy atom. The molecule has 6 nitrogen and oxygen atoms in total. The van der Waals surface area contributed by atoms with Gasteiger partial charge in [0.15, 0.2) is 0 Å². The number of hydrogen-bond acceptors (Lipinski definition) is 5. The van der Waals surface area contributed by atoms with Crippen LogP contribution in [0.3, 0.4) is 0 Å². The molecule has 1 atom stereocenters. The minimum absolute atomic E-state index is 0.148. The molecule has 1 aromatic heterocycles. The molecule has 0 aliphatic heterocycles. The first-order chi connectivity index (χ1) is 6.32. The maximum atomic E-state index is 10.5. The molecule has 14 heavy (non-hydrogen) atoms. The molecule has 0 aliphatic carbocycles. The third-order valence-electron chi connectivity index (χ3n) is 1.83. The van der Waals surface area contributed by atoms with Crippen LogP contribution in [0.15, 0.2) is 4.52 Å². The molecule has 0 radical (unpaired) electrons. The fraction of sp³-hybridized carbons (Fsp3) is 0.625. The van der Waals surface area contributed by atoms with E-state index in [0.29, 0.717) is 0 Å². The molecule has 0 saturated heterocycles. The maximum absolute atomic E-state index is 10.5. The Bertz CT molecular complexity index is 340. The second-order valence-electron chi connectivity index (χ2n) is 4.11. The molecule has 1 rings (SSSR count). The Kier molecular flexibility index (Phi) is 2.57. The lowest BCUT2D eigenvalue weighted by molar-refractivity contribution is 0.0680. The van der Waals surface area contributed by atoms with Gasteiger partial charge in [0.05, 0.1) is 6.04 Å². The largest absolute Gasteiger partial charge is 0.475 e. The van der Waals surface area contributed by atoms with Crippen molar-refractivity contribution < 1.29 is 14.4 Å². The SMILES string of the molecule is CC(C)(C)[C@H](N)c1nc(C(=O)O)no1. The zero-order chi connectivity index (χ0) is 10.9. The van der Waals surface area contributed by atoms with Crippen molar-refractivity contribution in [3.63, 3.8) is 0 Å². The van der Waals surface area contributed by atoms with E-state index < -0.39 is 12.0 Å². The molecule has 0 amide bonds. The number of hydrogen-bond donors (Lipinski definition) is 2. The Morgan fingerprint density at radius 2 is 2.14 bits per heavy atom. The molecule has 1 aromatic rings. The van der Waals surface area contributed by atoms with E-state index in [1.165, 1.54) is 0 Å². The molecule has 0 aliphatic rings. The van der Waals surface area contributed by atoms with E-state index in [1.807, 2.05) is 20.8 Å². The molecule has 0 unspecified atom stereocenters. The van der Waals surface area contributed by atoms with Crippen molar-refractivity contribution in [2.45, 2.75) is 26.8 Å². The van der Waals surface area contributed by atoms with Crippen LogP contribution in [0.25, 0.3) is 0 Å². The molecule has 0 saturated carbocycles. The number of nitrogens with zero attached hydrogens (tertiary/aromatic N) is 2. The summed E-state index contributed by atoms with van der Waals surface area (Å²) in [7, 11) is 0. The number of aromatic nitrogens is 2. The quantitative estimate of drug-likeness (QED) is 0.730. The smallest absolute Gasteiger partial charge is 0.377 e. The van der Waals surface area contributed by atoms with Crippen molar-refractivity contribution in [2.24, 2.45) is 11.1 Å². The zero-order valence-electron chi connectivity index (χ0n) is 8.31. The number of carbonyl (C=O) groups is 1. The Balaban J connectivity index is 2.92. The Morgan fingerprint density at radius 3 is 2.50 bits per heavy atom. The Labute approximate surface area is 81.1 Å². The number of carboxylic acids is 1. The summed E-state index contributed by atoms with van der Waals surface area (Å²) in [5.74, 6) is -1.43. The predicted molar refractivity (Wildman–Crippen MR) is 47.6 cm³/mol. The third-order valence-corrected chi connectivity index (χ3v) is 1.83. The highest BCUT2D eigenvalue weighted by molar-refractivity contribution is 5.82. The normalized spacial score (nSPS) is 14.0. The highest BCUT2D eigenvalue weighted by Gasteiger charge is 2.28. The van der Waals surface area contributed by atoms with Gasteiger partial charge in [-0.1, -0.05) is 20.8 Å². The third kappa shape index (κ3) is 2.08. The monoisotopic (exact) mass is 199 g/mol. The van der Waals surface area contributed by atoms with Crippen molar-refractivity contribution in [1.82, 2.24) is 10.1 Å². The Hall–Kier alpha value is -1.43. The first-order valence-electron chi connectivity index (χ1n) is 4.15. The van der Waals surface area contributed by atoms with Crippen LogP contribution in [0.1, 0.15) is 43.3 Å². The van der Waals surface area contributed by atoms with E-state index in [4.69, 9.17) is 15.4 Å². The summed E-state index contributed by atoms with van der Waals surface area (Å²) in [6.45, 7) is 5.72. The van der Waals surface area contributed by atoms with Gasteiger partial charge in [-0.15, -0.1) is 0 Å². The molecule has 0 bridgehead atoms. The fourth-order valence-corrected chi connectivity index (χ4v) is 0.819. The summed E-state index contributed by atoms with van der Waals surface area (Å²) < 4.78 is 4.75. The average Bonchev–Trinajstić information content (AvgIpc) is 2.48. The molecule has 0 aromatic carbocycles. The highest BCUT2D eigenvalue weighted by Crippen LogP contribution is 2.28. The molecule has 78 valence electrons. The minimum Gasteiger partial charge on any atom is -0.475 e. The maximum Gasteiger partial charge on any atom is 0.377 e. The van der Waals surface area contributed by atoms with Crippen molar-refractivity contribution in [3.8, 4) is 0 Å². The van der Waals surface area contributed by atoms with E-state index >= 15 is 0 Å². The second kappa shape index (κ2) is 3.38. The van der Waals surface area contributed by atoms with E-state index in [9.17, 15) is 4.79 Å². The molecule has 6 heteroatoms. The van der Waals surface area contributed by atoms with Crippen LogP contribution in [0.4, 0.5) is 0 Å². The van der Waals surface area contributed by atoms with Crippen LogP contribution < -0.4 is 5.73 Å². The van der Waals surface area contributed by atoms with Crippen LogP contribution >= 0.6 is 0 Å². The molecule has 0 fully saturated rings. The lowest BCUT2D eigenvalue weighted by Crippen LogP contribution is -2.26. The first-order valence-corrected chi connectivity index (χ1v) is 4.15. The standard InChI is InChI=1S/C8H13N3O3/c1-8(2,3)4(9)6-10-5(7(12)13)11-14-6/h4H,9H2,1-3H3,(H,12,13)/t4-/m1/s1. The van der Waals surface area contributed by atoms with Gasteiger partial charge < -0.3 is 15.4 Å². The second-order valence-corrected chi connectivity index (χ2v) is 4.11. The van der Waals surface area contributed by atoms with Crippen LogP contribution in [-0.4, -0.2) is 21.2 Å². The van der Waals surface area contributed by atoms with Gasteiger partial charge in [-0.05, 0) is 10.6 Å². The summed E-state index contributed by atoms with van der Waals surface area (Å²) in [5.41, 5.74) is 5.55. The summed E-state index contributed by atoms with van der Waals surface area (Å²) in [6.07, 6.45) is 0. The molecular weight excluding hydrogens is 186 g/mol.